The van der Waals surface area contributed by atoms with Crippen LogP contribution in [0, 0.1) is 0 Å². The van der Waals surface area contributed by atoms with Gasteiger partial charge in [0.15, 0.2) is 0 Å². The number of benzene rings is 2. The first-order chi connectivity index (χ1) is 17.4. The summed E-state index contributed by atoms with van der Waals surface area (Å²) in [6, 6.07) is 15.1. The molecule has 1 N–H and O–H groups in total. The van der Waals surface area contributed by atoms with Gasteiger partial charge in [-0.25, -0.2) is 14.3 Å². The van der Waals surface area contributed by atoms with Crippen LogP contribution in [-0.2, 0) is 4.79 Å². The fourth-order valence-electron chi connectivity index (χ4n) is 5.09. The molecule has 36 heavy (non-hydrogen) atoms. The zero-order valence-electron chi connectivity index (χ0n) is 19.1. The lowest BCUT2D eigenvalue weighted by molar-refractivity contribution is -0.129. The number of carbonyl (C=O) groups excluding carboxylic acids is 3. The van der Waals surface area contributed by atoms with E-state index in [0.717, 1.165) is 12.0 Å². The molecular formula is C25H22Cl2N6O3. The molecule has 0 bridgehead atoms. The van der Waals surface area contributed by atoms with Crippen LogP contribution in [0.5, 0.6) is 0 Å². The molecule has 184 valence electrons. The van der Waals surface area contributed by atoms with Gasteiger partial charge >= 0.3 is 12.1 Å². The van der Waals surface area contributed by atoms with E-state index in [1.165, 1.54) is 9.58 Å². The highest BCUT2D eigenvalue weighted by Crippen LogP contribution is 2.46. The van der Waals surface area contributed by atoms with Gasteiger partial charge in [-0.05, 0) is 30.2 Å². The van der Waals surface area contributed by atoms with Crippen molar-refractivity contribution in [2.24, 2.45) is 0 Å². The third-order valence-corrected chi connectivity index (χ3v) is 7.36. The Morgan fingerprint density at radius 2 is 1.75 bits per heavy atom. The van der Waals surface area contributed by atoms with E-state index in [0.29, 0.717) is 34.6 Å². The lowest BCUT2D eigenvalue weighted by Gasteiger charge is -2.35. The Bertz CT molecular complexity index is 1340. The van der Waals surface area contributed by atoms with Crippen LogP contribution >= 0.6 is 23.2 Å². The third kappa shape index (κ3) is 3.98. The summed E-state index contributed by atoms with van der Waals surface area (Å²) in [7, 11) is 0. The largest absolute Gasteiger partial charge is 0.327 e. The van der Waals surface area contributed by atoms with E-state index >= 15 is 0 Å². The summed E-state index contributed by atoms with van der Waals surface area (Å²) in [5, 5.41) is 8.00. The minimum atomic E-state index is -0.675. The summed E-state index contributed by atoms with van der Waals surface area (Å²) in [6.07, 6.45) is 2.32. The van der Waals surface area contributed by atoms with Crippen LogP contribution in [0.1, 0.15) is 17.9 Å². The van der Waals surface area contributed by atoms with Crippen molar-refractivity contribution in [3.63, 3.8) is 0 Å². The van der Waals surface area contributed by atoms with Gasteiger partial charge in [0.05, 0.1) is 18.4 Å². The number of anilines is 1. The van der Waals surface area contributed by atoms with Crippen molar-refractivity contribution in [1.29, 1.82) is 0 Å². The SMILES string of the molecule is O=C(Nc1ccnn1-c1cc(Cl)cc(Cl)c1)N1CCN2C(=O)N([C@H]3C[C@@H]3c3ccccc3)C(=O)[C@@H]2C1. The maximum atomic E-state index is 13.3. The molecular weight excluding hydrogens is 503 g/mol. The average Bonchev–Trinajstić information content (AvgIpc) is 3.43. The van der Waals surface area contributed by atoms with Crippen molar-refractivity contribution < 1.29 is 14.4 Å². The van der Waals surface area contributed by atoms with Crippen molar-refractivity contribution >= 4 is 47.0 Å². The topological polar surface area (TPSA) is 90.8 Å². The number of hydrogen-bond acceptors (Lipinski definition) is 4. The van der Waals surface area contributed by atoms with Crippen LogP contribution < -0.4 is 5.32 Å². The molecule has 0 spiro atoms. The Hall–Kier alpha value is -3.56. The number of imide groups is 1. The Morgan fingerprint density at radius 3 is 2.50 bits per heavy atom. The summed E-state index contributed by atoms with van der Waals surface area (Å²) in [5.41, 5.74) is 1.73. The molecule has 3 atom stereocenters. The maximum Gasteiger partial charge on any atom is 0.327 e. The highest BCUT2D eigenvalue weighted by atomic mass is 35.5. The van der Waals surface area contributed by atoms with Gasteiger partial charge in [-0.2, -0.15) is 5.10 Å². The van der Waals surface area contributed by atoms with Crippen molar-refractivity contribution in [2.75, 3.05) is 25.0 Å². The number of piperazine rings is 1. The fourth-order valence-corrected chi connectivity index (χ4v) is 5.60. The molecule has 9 nitrogen and oxygen atoms in total. The quantitative estimate of drug-likeness (QED) is 0.517. The van der Waals surface area contributed by atoms with Gasteiger partial charge in [0.1, 0.15) is 11.9 Å². The van der Waals surface area contributed by atoms with E-state index in [1.807, 2.05) is 30.3 Å². The van der Waals surface area contributed by atoms with E-state index in [1.54, 1.807) is 40.3 Å². The summed E-state index contributed by atoms with van der Waals surface area (Å²) >= 11 is 12.2. The zero-order chi connectivity index (χ0) is 25.0. The van der Waals surface area contributed by atoms with Gasteiger partial charge in [-0.15, -0.1) is 0 Å². The first-order valence-electron chi connectivity index (χ1n) is 11.7. The average molecular weight is 525 g/mol. The molecule has 2 aromatic carbocycles. The molecule has 1 aliphatic carbocycles. The molecule has 0 unspecified atom stereocenters. The molecule has 2 aliphatic heterocycles. The number of carbonyl (C=O) groups is 3. The third-order valence-electron chi connectivity index (χ3n) is 6.93. The van der Waals surface area contributed by atoms with Crippen LogP contribution in [0.2, 0.25) is 10.0 Å². The van der Waals surface area contributed by atoms with Gasteiger partial charge in [-0.1, -0.05) is 53.5 Å². The molecule has 2 saturated heterocycles. The molecule has 1 aromatic heterocycles. The summed E-state index contributed by atoms with van der Waals surface area (Å²) in [4.78, 5) is 44.0. The molecule has 3 heterocycles. The van der Waals surface area contributed by atoms with E-state index in [4.69, 9.17) is 23.2 Å². The number of fused-ring (bicyclic) bond motifs is 1. The Morgan fingerprint density at radius 1 is 1.00 bits per heavy atom. The van der Waals surface area contributed by atoms with Crippen LogP contribution in [0.3, 0.4) is 0 Å². The monoisotopic (exact) mass is 524 g/mol. The van der Waals surface area contributed by atoms with Gasteiger partial charge in [0.2, 0.25) is 0 Å². The number of rotatable bonds is 4. The predicted molar refractivity (Wildman–Crippen MR) is 134 cm³/mol. The van der Waals surface area contributed by atoms with Crippen molar-refractivity contribution in [3.05, 3.63) is 76.4 Å². The summed E-state index contributed by atoms with van der Waals surface area (Å²) < 4.78 is 1.52. The molecule has 1 saturated carbocycles. The van der Waals surface area contributed by atoms with Crippen LogP contribution in [-0.4, -0.2) is 74.2 Å². The summed E-state index contributed by atoms with van der Waals surface area (Å²) in [5.74, 6) is 0.361. The minimum absolute atomic E-state index is 0.126. The number of amides is 5. The Kier molecular flexibility index (Phi) is 5.61. The maximum absolute atomic E-state index is 13.3. The summed E-state index contributed by atoms with van der Waals surface area (Å²) in [6.45, 7) is 0.747. The smallest absolute Gasteiger partial charge is 0.320 e. The standard InChI is InChI=1S/C25H22Cl2N6O3/c26-16-10-17(27)12-18(11-16)33-22(6-7-28-33)29-24(35)30-8-9-31-21(14-30)23(34)32(25(31)36)20-13-19(20)15-4-2-1-3-5-15/h1-7,10-12,19-21H,8-9,13-14H2,(H,29,35)/t19-,20+,21+/m1/s1. The van der Waals surface area contributed by atoms with Gasteiger partial charge in [-0.3, -0.25) is 15.0 Å². The second kappa shape index (κ2) is 8.83. The van der Waals surface area contributed by atoms with Crippen LogP contribution in [0.4, 0.5) is 15.4 Å². The van der Waals surface area contributed by atoms with E-state index in [-0.39, 0.29) is 36.5 Å². The molecule has 3 aromatic rings. The highest BCUT2D eigenvalue weighted by molar-refractivity contribution is 6.34. The first kappa shape index (κ1) is 22.9. The molecule has 6 rings (SSSR count). The molecule has 3 fully saturated rings. The highest BCUT2D eigenvalue weighted by Gasteiger charge is 2.56. The van der Waals surface area contributed by atoms with Gasteiger partial charge in [0.25, 0.3) is 5.91 Å². The number of halogens is 2. The van der Waals surface area contributed by atoms with E-state index in [9.17, 15) is 14.4 Å². The second-order valence-electron chi connectivity index (χ2n) is 9.15. The zero-order valence-corrected chi connectivity index (χ0v) is 20.6. The van der Waals surface area contributed by atoms with Crippen molar-refractivity contribution in [3.8, 4) is 5.69 Å². The first-order valence-corrected chi connectivity index (χ1v) is 12.4. The number of nitrogens with zero attached hydrogens (tertiary/aromatic N) is 5. The Balaban J connectivity index is 1.14. The lowest BCUT2D eigenvalue weighted by atomic mass is 10.1. The van der Waals surface area contributed by atoms with Gasteiger partial charge in [0, 0.05) is 41.2 Å². The van der Waals surface area contributed by atoms with Crippen LogP contribution in [0.25, 0.3) is 5.69 Å². The minimum Gasteiger partial charge on any atom is -0.320 e. The fraction of sp³-hybridized carbons (Fsp3) is 0.280. The Labute approximate surface area is 217 Å². The van der Waals surface area contributed by atoms with E-state index in [2.05, 4.69) is 10.4 Å². The van der Waals surface area contributed by atoms with E-state index < -0.39 is 6.04 Å². The lowest BCUT2D eigenvalue weighted by Crippen LogP contribution is -2.55. The number of urea groups is 2. The molecule has 5 amide bonds. The van der Waals surface area contributed by atoms with Gasteiger partial charge < -0.3 is 9.80 Å². The van der Waals surface area contributed by atoms with Crippen molar-refractivity contribution in [2.45, 2.75) is 24.4 Å². The number of aromatic nitrogens is 2. The molecule has 0 radical (unpaired) electrons. The molecule has 11 heteroatoms. The second-order valence-corrected chi connectivity index (χ2v) is 10.0. The predicted octanol–water partition coefficient (Wildman–Crippen LogP) is 4.22. The number of nitrogens with one attached hydrogen (secondary N) is 1. The van der Waals surface area contributed by atoms with Crippen LogP contribution in [0.15, 0.2) is 60.8 Å². The van der Waals surface area contributed by atoms with Crippen molar-refractivity contribution in [1.82, 2.24) is 24.5 Å². The molecule has 3 aliphatic rings. The number of hydrogen-bond donors (Lipinski definition) is 1. The normalized spacial score (nSPS) is 23.2.